The lowest BCUT2D eigenvalue weighted by molar-refractivity contribution is 0.0587. The van der Waals surface area contributed by atoms with Gasteiger partial charge in [0.05, 0.1) is 33.0 Å². The number of rotatable bonds is 9. The van der Waals surface area contributed by atoms with Crippen molar-refractivity contribution in [3.05, 3.63) is 29.3 Å². The standard InChI is InChI=1S/C15H25NO3/c1-5-16-15(11-19-9-8-17-3)14-7-6-13(18-4)10-12(14)2/h6-7,10,15-16H,5,8-9,11H2,1-4H3. The minimum absolute atomic E-state index is 0.202. The van der Waals surface area contributed by atoms with Crippen LogP contribution in [0.3, 0.4) is 0 Å². The summed E-state index contributed by atoms with van der Waals surface area (Å²) in [5, 5.41) is 3.45. The fraction of sp³-hybridized carbons (Fsp3) is 0.600. The molecule has 0 saturated heterocycles. The van der Waals surface area contributed by atoms with Gasteiger partial charge >= 0.3 is 0 Å². The van der Waals surface area contributed by atoms with Crippen molar-refractivity contribution in [3.8, 4) is 5.75 Å². The van der Waals surface area contributed by atoms with Gasteiger partial charge in [-0.15, -0.1) is 0 Å². The molecule has 1 N–H and O–H groups in total. The summed E-state index contributed by atoms with van der Waals surface area (Å²) in [5.74, 6) is 0.886. The summed E-state index contributed by atoms with van der Waals surface area (Å²) in [6.45, 7) is 6.99. The van der Waals surface area contributed by atoms with Crippen LogP contribution in [0.5, 0.6) is 5.75 Å². The quantitative estimate of drug-likeness (QED) is 0.697. The molecule has 0 bridgehead atoms. The van der Waals surface area contributed by atoms with Gasteiger partial charge in [-0.1, -0.05) is 13.0 Å². The second-order valence-electron chi connectivity index (χ2n) is 4.40. The number of nitrogens with one attached hydrogen (secondary N) is 1. The molecule has 0 aliphatic rings. The van der Waals surface area contributed by atoms with E-state index in [0.717, 1.165) is 12.3 Å². The maximum atomic E-state index is 5.64. The number of benzene rings is 1. The molecular formula is C15H25NO3. The summed E-state index contributed by atoms with van der Waals surface area (Å²) in [7, 11) is 3.36. The van der Waals surface area contributed by atoms with Crippen LogP contribution in [0, 0.1) is 6.92 Å². The molecule has 108 valence electrons. The summed E-state index contributed by atoms with van der Waals surface area (Å²) >= 11 is 0. The van der Waals surface area contributed by atoms with E-state index in [1.165, 1.54) is 11.1 Å². The zero-order chi connectivity index (χ0) is 14.1. The van der Waals surface area contributed by atoms with Crippen molar-refractivity contribution < 1.29 is 14.2 Å². The molecule has 0 aliphatic heterocycles. The predicted octanol–water partition coefficient (Wildman–Crippen LogP) is 2.32. The second kappa shape index (κ2) is 8.91. The summed E-state index contributed by atoms with van der Waals surface area (Å²) < 4.78 is 15.9. The first-order chi connectivity index (χ1) is 9.22. The molecule has 1 atom stereocenters. The molecule has 4 nitrogen and oxygen atoms in total. The van der Waals surface area contributed by atoms with Crippen molar-refractivity contribution in [2.24, 2.45) is 0 Å². The Morgan fingerprint density at radius 3 is 2.58 bits per heavy atom. The third-order valence-electron chi connectivity index (χ3n) is 3.02. The lowest BCUT2D eigenvalue weighted by atomic mass is 10.0. The predicted molar refractivity (Wildman–Crippen MR) is 76.8 cm³/mol. The molecule has 0 aliphatic carbocycles. The van der Waals surface area contributed by atoms with Crippen LogP contribution in [-0.4, -0.2) is 40.6 Å². The number of methoxy groups -OCH3 is 2. The van der Waals surface area contributed by atoms with Crippen molar-refractivity contribution in [2.45, 2.75) is 19.9 Å². The first-order valence-electron chi connectivity index (χ1n) is 6.67. The molecule has 0 saturated carbocycles. The van der Waals surface area contributed by atoms with Gasteiger partial charge < -0.3 is 19.5 Å². The van der Waals surface area contributed by atoms with E-state index in [0.29, 0.717) is 19.8 Å². The lowest BCUT2D eigenvalue weighted by Gasteiger charge is -2.21. The summed E-state index contributed by atoms with van der Waals surface area (Å²) in [5.41, 5.74) is 2.46. The molecule has 0 heterocycles. The summed E-state index contributed by atoms with van der Waals surface area (Å²) in [6, 6.07) is 6.34. The van der Waals surface area contributed by atoms with Crippen LogP contribution in [0.15, 0.2) is 18.2 Å². The van der Waals surface area contributed by atoms with Crippen molar-refractivity contribution in [3.63, 3.8) is 0 Å². The Balaban J connectivity index is 2.69. The monoisotopic (exact) mass is 267 g/mol. The fourth-order valence-corrected chi connectivity index (χ4v) is 2.01. The first kappa shape index (κ1) is 16.0. The topological polar surface area (TPSA) is 39.7 Å². The van der Waals surface area contributed by atoms with Crippen LogP contribution in [0.1, 0.15) is 24.1 Å². The highest BCUT2D eigenvalue weighted by Gasteiger charge is 2.13. The fourth-order valence-electron chi connectivity index (χ4n) is 2.01. The van der Waals surface area contributed by atoms with E-state index in [1.54, 1.807) is 14.2 Å². The average Bonchev–Trinajstić information content (AvgIpc) is 2.42. The van der Waals surface area contributed by atoms with Gasteiger partial charge in [0.2, 0.25) is 0 Å². The SMILES string of the molecule is CCNC(COCCOC)c1ccc(OC)cc1C. The van der Waals surface area contributed by atoms with E-state index < -0.39 is 0 Å². The summed E-state index contributed by atoms with van der Waals surface area (Å²) in [6.07, 6.45) is 0. The number of aryl methyl sites for hydroxylation is 1. The van der Waals surface area contributed by atoms with Crippen LogP contribution >= 0.6 is 0 Å². The number of likely N-dealkylation sites (N-methyl/N-ethyl adjacent to an activating group) is 1. The Bertz CT molecular complexity index is 368. The van der Waals surface area contributed by atoms with Gasteiger partial charge in [0, 0.05) is 7.11 Å². The third kappa shape index (κ3) is 5.19. The van der Waals surface area contributed by atoms with Gasteiger partial charge in [-0.25, -0.2) is 0 Å². The van der Waals surface area contributed by atoms with Gasteiger partial charge in [0.1, 0.15) is 5.75 Å². The number of ether oxygens (including phenoxy) is 3. The van der Waals surface area contributed by atoms with Gasteiger partial charge in [0.15, 0.2) is 0 Å². The van der Waals surface area contributed by atoms with Crippen molar-refractivity contribution in [1.82, 2.24) is 5.32 Å². The van der Waals surface area contributed by atoms with E-state index in [-0.39, 0.29) is 6.04 Å². The highest BCUT2D eigenvalue weighted by Crippen LogP contribution is 2.22. The maximum Gasteiger partial charge on any atom is 0.119 e. The van der Waals surface area contributed by atoms with Crippen LogP contribution < -0.4 is 10.1 Å². The van der Waals surface area contributed by atoms with E-state index >= 15 is 0 Å². The van der Waals surface area contributed by atoms with Gasteiger partial charge in [-0.05, 0) is 36.7 Å². The minimum atomic E-state index is 0.202. The van der Waals surface area contributed by atoms with Crippen LogP contribution in [0.4, 0.5) is 0 Å². The molecule has 0 amide bonds. The molecular weight excluding hydrogens is 242 g/mol. The molecule has 1 aromatic carbocycles. The minimum Gasteiger partial charge on any atom is -0.497 e. The van der Waals surface area contributed by atoms with E-state index in [2.05, 4.69) is 31.3 Å². The Labute approximate surface area is 116 Å². The van der Waals surface area contributed by atoms with E-state index in [1.807, 2.05) is 6.07 Å². The highest BCUT2D eigenvalue weighted by molar-refractivity contribution is 5.36. The van der Waals surface area contributed by atoms with Crippen molar-refractivity contribution in [1.29, 1.82) is 0 Å². The molecule has 4 heteroatoms. The summed E-state index contributed by atoms with van der Waals surface area (Å²) in [4.78, 5) is 0. The average molecular weight is 267 g/mol. The number of hydrogen-bond acceptors (Lipinski definition) is 4. The molecule has 1 rings (SSSR count). The Hall–Kier alpha value is -1.10. The van der Waals surface area contributed by atoms with Crippen LogP contribution in [0.25, 0.3) is 0 Å². The molecule has 19 heavy (non-hydrogen) atoms. The molecule has 0 fully saturated rings. The normalized spacial score (nSPS) is 12.4. The molecule has 1 aromatic rings. The van der Waals surface area contributed by atoms with Crippen LogP contribution in [0.2, 0.25) is 0 Å². The highest BCUT2D eigenvalue weighted by atomic mass is 16.5. The van der Waals surface area contributed by atoms with Gasteiger partial charge in [0.25, 0.3) is 0 Å². The Kier molecular flexibility index (Phi) is 7.48. The van der Waals surface area contributed by atoms with Gasteiger partial charge in [-0.2, -0.15) is 0 Å². The zero-order valence-electron chi connectivity index (χ0n) is 12.4. The van der Waals surface area contributed by atoms with Gasteiger partial charge in [-0.3, -0.25) is 0 Å². The molecule has 0 aromatic heterocycles. The van der Waals surface area contributed by atoms with Crippen molar-refractivity contribution in [2.75, 3.05) is 40.6 Å². The van der Waals surface area contributed by atoms with E-state index in [4.69, 9.17) is 14.2 Å². The zero-order valence-corrected chi connectivity index (χ0v) is 12.4. The van der Waals surface area contributed by atoms with Crippen molar-refractivity contribution >= 4 is 0 Å². The Morgan fingerprint density at radius 2 is 2.00 bits per heavy atom. The lowest BCUT2D eigenvalue weighted by Crippen LogP contribution is -2.26. The Morgan fingerprint density at radius 1 is 1.21 bits per heavy atom. The van der Waals surface area contributed by atoms with E-state index in [9.17, 15) is 0 Å². The second-order valence-corrected chi connectivity index (χ2v) is 4.40. The number of hydrogen-bond donors (Lipinski definition) is 1. The third-order valence-corrected chi connectivity index (χ3v) is 3.02. The largest absolute Gasteiger partial charge is 0.497 e. The molecule has 0 radical (unpaired) electrons. The maximum absolute atomic E-state index is 5.64. The molecule has 1 unspecified atom stereocenters. The first-order valence-corrected chi connectivity index (χ1v) is 6.67. The molecule has 0 spiro atoms. The van der Waals surface area contributed by atoms with Crippen LogP contribution in [-0.2, 0) is 9.47 Å². The smallest absolute Gasteiger partial charge is 0.119 e.